The van der Waals surface area contributed by atoms with Crippen LogP contribution in [0.4, 0.5) is 45.2 Å². The fraction of sp³-hybridized carbons (Fsp3) is 0.200. The van der Waals surface area contributed by atoms with Crippen LogP contribution in [0.1, 0.15) is 16.7 Å². The summed E-state index contributed by atoms with van der Waals surface area (Å²) in [4.78, 5) is -1.07. The van der Waals surface area contributed by atoms with Gasteiger partial charge in [0.1, 0.15) is 0 Å². The van der Waals surface area contributed by atoms with Gasteiger partial charge in [-0.2, -0.15) is 39.5 Å². The highest BCUT2D eigenvalue weighted by Crippen LogP contribution is 2.39. The van der Waals surface area contributed by atoms with Gasteiger partial charge in [-0.3, -0.25) is 4.72 Å². The highest BCUT2D eigenvalue weighted by Gasteiger charge is 2.38. The van der Waals surface area contributed by atoms with Gasteiger partial charge in [0, 0.05) is 0 Å². The maximum absolute atomic E-state index is 12.9. The van der Waals surface area contributed by atoms with Gasteiger partial charge >= 0.3 is 18.5 Å². The number of alkyl halides is 9. The van der Waals surface area contributed by atoms with Crippen molar-refractivity contribution in [2.45, 2.75) is 23.4 Å². The van der Waals surface area contributed by atoms with Crippen LogP contribution in [0, 0.1) is 0 Å². The van der Waals surface area contributed by atoms with Crippen LogP contribution in [0.2, 0.25) is 5.02 Å². The number of sulfonamides is 1. The summed E-state index contributed by atoms with van der Waals surface area (Å²) in [5.74, 6) is 0. The standard InChI is InChI=1S/C15H7ClF9NO2S/c16-12-2-1-10(6-11(12)15(23,24)25)29(27,28)26-9-4-7(13(17,18)19)3-8(5-9)14(20,21)22/h1-6,26H. The lowest BCUT2D eigenvalue weighted by atomic mass is 10.1. The average molecular weight is 472 g/mol. The van der Waals surface area contributed by atoms with E-state index in [-0.39, 0.29) is 24.3 Å². The number of hydrogen-bond acceptors (Lipinski definition) is 2. The van der Waals surface area contributed by atoms with Crippen molar-refractivity contribution >= 4 is 27.3 Å². The first kappa shape index (κ1) is 23.1. The van der Waals surface area contributed by atoms with E-state index in [9.17, 15) is 47.9 Å². The molecule has 0 atom stereocenters. The lowest BCUT2D eigenvalue weighted by molar-refractivity contribution is -0.143. The van der Waals surface area contributed by atoms with Crippen LogP contribution < -0.4 is 4.72 Å². The van der Waals surface area contributed by atoms with Crippen molar-refractivity contribution in [1.29, 1.82) is 0 Å². The fourth-order valence-electron chi connectivity index (χ4n) is 2.12. The molecule has 2 rings (SSSR count). The average Bonchev–Trinajstić information content (AvgIpc) is 2.51. The molecule has 0 unspecified atom stereocenters. The van der Waals surface area contributed by atoms with Crippen LogP contribution in [-0.2, 0) is 28.6 Å². The number of halogens is 10. The van der Waals surface area contributed by atoms with Gasteiger partial charge in [-0.1, -0.05) is 11.6 Å². The molecule has 160 valence electrons. The second-order valence-corrected chi connectivity index (χ2v) is 7.63. The molecule has 0 heterocycles. The van der Waals surface area contributed by atoms with Crippen LogP contribution >= 0.6 is 11.6 Å². The van der Waals surface area contributed by atoms with E-state index in [1.807, 2.05) is 0 Å². The van der Waals surface area contributed by atoms with Gasteiger partial charge in [0.15, 0.2) is 0 Å². The number of benzene rings is 2. The number of nitrogens with one attached hydrogen (secondary N) is 1. The highest BCUT2D eigenvalue weighted by atomic mass is 35.5. The maximum Gasteiger partial charge on any atom is 0.417 e. The van der Waals surface area contributed by atoms with Crippen molar-refractivity contribution in [3.8, 4) is 0 Å². The van der Waals surface area contributed by atoms with Crippen LogP contribution in [0.3, 0.4) is 0 Å². The Morgan fingerprint density at radius 2 is 1.21 bits per heavy atom. The van der Waals surface area contributed by atoms with Gasteiger partial charge in [-0.15, -0.1) is 0 Å². The Hall–Kier alpha value is -2.15. The minimum atomic E-state index is -5.24. The first-order chi connectivity index (χ1) is 12.9. The molecule has 0 saturated heterocycles. The summed E-state index contributed by atoms with van der Waals surface area (Å²) in [5, 5.41) is -0.852. The lowest BCUT2D eigenvalue weighted by Crippen LogP contribution is -2.17. The summed E-state index contributed by atoms with van der Waals surface area (Å²) in [6.45, 7) is 0. The van der Waals surface area contributed by atoms with Crippen LogP contribution in [0.5, 0.6) is 0 Å². The monoisotopic (exact) mass is 471 g/mol. The molecule has 0 bridgehead atoms. The molecule has 29 heavy (non-hydrogen) atoms. The summed E-state index contributed by atoms with van der Waals surface area (Å²) in [6, 6.07) is 1.20. The molecule has 0 spiro atoms. The van der Waals surface area contributed by atoms with Crippen molar-refractivity contribution in [3.05, 3.63) is 58.1 Å². The van der Waals surface area contributed by atoms with Crippen molar-refractivity contribution in [1.82, 2.24) is 0 Å². The van der Waals surface area contributed by atoms with Crippen molar-refractivity contribution < 1.29 is 47.9 Å². The zero-order valence-corrected chi connectivity index (χ0v) is 15.0. The maximum atomic E-state index is 12.9. The van der Waals surface area contributed by atoms with Crippen LogP contribution in [0.15, 0.2) is 41.3 Å². The molecule has 3 nitrogen and oxygen atoms in total. The minimum Gasteiger partial charge on any atom is -0.280 e. The molecule has 0 radical (unpaired) electrons. The van der Waals surface area contributed by atoms with E-state index >= 15 is 0 Å². The molecule has 0 fully saturated rings. The lowest BCUT2D eigenvalue weighted by Gasteiger charge is -2.16. The molecule has 0 aliphatic heterocycles. The normalized spacial score (nSPS) is 13.4. The van der Waals surface area contributed by atoms with Gasteiger partial charge in [-0.25, -0.2) is 8.42 Å². The van der Waals surface area contributed by atoms with E-state index < -0.39 is 60.8 Å². The van der Waals surface area contributed by atoms with E-state index in [2.05, 4.69) is 0 Å². The minimum absolute atomic E-state index is 0.0768. The van der Waals surface area contributed by atoms with Crippen molar-refractivity contribution in [2.24, 2.45) is 0 Å². The van der Waals surface area contributed by atoms with Gasteiger partial charge in [0.05, 0.1) is 32.3 Å². The Morgan fingerprint density at radius 3 is 1.62 bits per heavy atom. The number of anilines is 1. The molecule has 14 heteroatoms. The summed E-state index contributed by atoms with van der Waals surface area (Å²) in [6.07, 6.45) is -15.5. The molecule has 2 aromatic carbocycles. The van der Waals surface area contributed by atoms with E-state index in [0.29, 0.717) is 12.1 Å². The third-order valence-corrected chi connectivity index (χ3v) is 5.10. The predicted molar refractivity (Wildman–Crippen MR) is 83.7 cm³/mol. The molecular weight excluding hydrogens is 465 g/mol. The van der Waals surface area contributed by atoms with Gasteiger partial charge in [-0.05, 0) is 36.4 Å². The second-order valence-electron chi connectivity index (χ2n) is 5.54. The Balaban J connectivity index is 2.55. The van der Waals surface area contributed by atoms with Crippen molar-refractivity contribution in [2.75, 3.05) is 4.72 Å². The third kappa shape index (κ3) is 5.47. The second kappa shape index (κ2) is 7.27. The predicted octanol–water partition coefficient (Wildman–Crippen LogP) is 6.20. The van der Waals surface area contributed by atoms with Gasteiger partial charge in [0.2, 0.25) is 0 Å². The Kier molecular flexibility index (Phi) is 5.80. The Morgan fingerprint density at radius 1 is 0.724 bits per heavy atom. The summed E-state index contributed by atoms with van der Waals surface area (Å²) >= 11 is 5.35. The molecule has 1 N–H and O–H groups in total. The summed E-state index contributed by atoms with van der Waals surface area (Å²) < 4.78 is 141. The quantitative estimate of drug-likeness (QED) is 0.542. The molecule has 0 aliphatic carbocycles. The first-order valence-electron chi connectivity index (χ1n) is 7.10. The molecule has 0 amide bonds. The van der Waals surface area contributed by atoms with Crippen LogP contribution in [-0.4, -0.2) is 8.42 Å². The highest BCUT2D eigenvalue weighted by molar-refractivity contribution is 7.92. The Labute approximate surface area is 162 Å². The summed E-state index contributed by atoms with van der Waals surface area (Å²) in [5.41, 5.74) is -6.31. The zero-order chi connectivity index (χ0) is 22.4. The SMILES string of the molecule is O=S(=O)(Nc1cc(C(F)(F)F)cc(C(F)(F)F)c1)c1ccc(Cl)c(C(F)(F)F)c1. The molecule has 0 saturated carbocycles. The third-order valence-electron chi connectivity index (χ3n) is 3.39. The van der Waals surface area contributed by atoms with E-state index in [0.717, 1.165) is 0 Å². The van der Waals surface area contributed by atoms with E-state index in [4.69, 9.17) is 11.6 Å². The number of rotatable bonds is 3. The van der Waals surface area contributed by atoms with Crippen LogP contribution in [0.25, 0.3) is 0 Å². The smallest absolute Gasteiger partial charge is 0.280 e. The first-order valence-corrected chi connectivity index (χ1v) is 8.96. The van der Waals surface area contributed by atoms with Gasteiger partial charge < -0.3 is 0 Å². The topological polar surface area (TPSA) is 46.2 Å². The zero-order valence-electron chi connectivity index (χ0n) is 13.5. The van der Waals surface area contributed by atoms with E-state index in [1.165, 1.54) is 4.72 Å². The fourth-order valence-corrected chi connectivity index (χ4v) is 3.41. The molecular formula is C15H7ClF9NO2S. The summed E-state index contributed by atoms with van der Waals surface area (Å²) in [7, 11) is -4.98. The molecule has 2 aromatic rings. The Bertz CT molecular complexity index is 995. The van der Waals surface area contributed by atoms with E-state index in [1.54, 1.807) is 0 Å². The number of hydrogen-bond donors (Lipinski definition) is 1. The molecule has 0 aliphatic rings. The van der Waals surface area contributed by atoms with Gasteiger partial charge in [0.25, 0.3) is 10.0 Å². The van der Waals surface area contributed by atoms with Crippen molar-refractivity contribution in [3.63, 3.8) is 0 Å². The largest absolute Gasteiger partial charge is 0.417 e. The molecule has 0 aromatic heterocycles.